The number of rotatable bonds is 26. The van der Waals surface area contributed by atoms with Gasteiger partial charge in [-0.2, -0.15) is 0 Å². The summed E-state index contributed by atoms with van der Waals surface area (Å²) in [5.74, 6) is -1.06. The number of carbonyl (C=O) groups is 2. The summed E-state index contributed by atoms with van der Waals surface area (Å²) in [4.78, 5) is 33.6. The van der Waals surface area contributed by atoms with Crippen LogP contribution in [0.15, 0.2) is 24.3 Å². The smallest absolute Gasteiger partial charge is 0.457 e. The second-order valence-electron chi connectivity index (χ2n) is 9.38. The number of hydrogen-bond acceptors (Lipinski definition) is 9. The summed E-state index contributed by atoms with van der Waals surface area (Å²) in [6.45, 7) is 1.86. The van der Waals surface area contributed by atoms with Crippen molar-refractivity contribution in [3.05, 3.63) is 24.3 Å². The van der Waals surface area contributed by atoms with Gasteiger partial charge in [0.2, 0.25) is 0 Å². The Balaban J connectivity index is 4.07. The summed E-state index contributed by atoms with van der Waals surface area (Å²) in [5, 5.41) is 18.8. The molecule has 0 heterocycles. The minimum Gasteiger partial charge on any atom is -0.457 e. The van der Waals surface area contributed by atoms with Crippen molar-refractivity contribution in [3.8, 4) is 0 Å². The highest BCUT2D eigenvalue weighted by Gasteiger charge is 2.27. The van der Waals surface area contributed by atoms with E-state index < -0.39 is 58.4 Å². The summed E-state index contributed by atoms with van der Waals surface area (Å²) in [7, 11) is -4.60. The molecule has 0 aromatic carbocycles. The Morgan fingerprint density at radius 2 is 1.18 bits per heavy atom. The van der Waals surface area contributed by atoms with Crippen molar-refractivity contribution in [2.45, 2.75) is 116 Å². The molecule has 0 saturated carbocycles. The second kappa shape index (κ2) is 25.4. The molecule has 3 unspecified atom stereocenters. The van der Waals surface area contributed by atoms with Crippen LogP contribution in [0.5, 0.6) is 0 Å². The monoisotopic (exact) mass is 578 g/mol. The van der Waals surface area contributed by atoms with Crippen LogP contribution in [0.2, 0.25) is 0 Å². The Labute approximate surface area is 234 Å². The number of unbranched alkanes of at least 4 members (excludes halogenated alkanes) is 8. The van der Waals surface area contributed by atoms with Crippen molar-refractivity contribution in [2.24, 2.45) is 0 Å². The SMILES string of the molecule is CCC/C=C\C/C=C\CCCCCCCC(=O)OC(CO)COP(=O)(O)OCC(CO)OC(=O)CCCCC. The van der Waals surface area contributed by atoms with Crippen molar-refractivity contribution in [1.29, 1.82) is 0 Å². The molecule has 3 N–H and O–H groups in total. The Bertz CT molecular complexity index is 725. The van der Waals surface area contributed by atoms with Crippen LogP contribution in [0.25, 0.3) is 0 Å². The number of phosphoric acid groups is 1. The normalized spacial score (nSPS) is 14.9. The van der Waals surface area contributed by atoms with E-state index in [1.807, 2.05) is 6.92 Å². The quantitative estimate of drug-likeness (QED) is 0.0517. The van der Waals surface area contributed by atoms with Crippen molar-refractivity contribution >= 4 is 19.8 Å². The molecule has 0 spiro atoms. The summed E-state index contributed by atoms with van der Waals surface area (Å²) in [5.41, 5.74) is 0. The molecule has 0 aromatic rings. The van der Waals surface area contributed by atoms with Gasteiger partial charge in [0, 0.05) is 12.8 Å². The van der Waals surface area contributed by atoms with Crippen molar-refractivity contribution < 1.29 is 47.8 Å². The van der Waals surface area contributed by atoms with E-state index in [2.05, 4.69) is 31.2 Å². The third-order valence-corrected chi connectivity index (χ3v) is 6.60. The largest absolute Gasteiger partial charge is 0.472 e. The first-order valence-electron chi connectivity index (χ1n) is 14.3. The van der Waals surface area contributed by atoms with Gasteiger partial charge in [0.25, 0.3) is 0 Å². The van der Waals surface area contributed by atoms with Gasteiger partial charge in [-0.15, -0.1) is 0 Å². The summed E-state index contributed by atoms with van der Waals surface area (Å²) in [6.07, 6.45) is 18.4. The first kappa shape index (κ1) is 37.5. The van der Waals surface area contributed by atoms with E-state index in [4.69, 9.17) is 18.5 Å². The molecule has 0 radical (unpaired) electrons. The summed E-state index contributed by atoms with van der Waals surface area (Å²) >= 11 is 0. The lowest BCUT2D eigenvalue weighted by Gasteiger charge is -2.20. The highest BCUT2D eigenvalue weighted by molar-refractivity contribution is 7.47. The lowest BCUT2D eigenvalue weighted by atomic mass is 10.1. The van der Waals surface area contributed by atoms with Gasteiger partial charge in [-0.25, -0.2) is 4.57 Å². The zero-order valence-corrected chi connectivity index (χ0v) is 24.7. The molecule has 11 heteroatoms. The van der Waals surface area contributed by atoms with Crippen LogP contribution < -0.4 is 0 Å². The molecule has 0 aromatic heterocycles. The van der Waals surface area contributed by atoms with E-state index in [0.29, 0.717) is 12.8 Å². The Morgan fingerprint density at radius 1 is 0.692 bits per heavy atom. The lowest BCUT2D eigenvalue weighted by molar-refractivity contribution is -0.153. The first-order chi connectivity index (χ1) is 18.8. The summed E-state index contributed by atoms with van der Waals surface area (Å²) in [6, 6.07) is 0. The molecule has 0 aliphatic heterocycles. The van der Waals surface area contributed by atoms with Gasteiger partial charge in [0.05, 0.1) is 26.4 Å². The maximum Gasteiger partial charge on any atom is 0.472 e. The molecule has 0 fully saturated rings. The number of ether oxygens (including phenoxy) is 2. The fourth-order valence-corrected chi connectivity index (χ4v) is 4.17. The zero-order valence-electron chi connectivity index (χ0n) is 23.8. The van der Waals surface area contributed by atoms with Gasteiger partial charge in [-0.3, -0.25) is 18.6 Å². The fraction of sp³-hybridized carbons (Fsp3) is 0.786. The van der Waals surface area contributed by atoms with E-state index in [9.17, 15) is 29.3 Å². The second-order valence-corrected chi connectivity index (χ2v) is 10.8. The molecule has 0 aliphatic carbocycles. The number of aliphatic hydroxyl groups is 2. The van der Waals surface area contributed by atoms with Crippen LogP contribution >= 0.6 is 7.82 Å². The van der Waals surface area contributed by atoms with E-state index >= 15 is 0 Å². The van der Waals surface area contributed by atoms with E-state index in [0.717, 1.165) is 57.8 Å². The van der Waals surface area contributed by atoms with Crippen molar-refractivity contribution in [3.63, 3.8) is 0 Å². The Hall–Kier alpha value is -1.55. The molecule has 10 nitrogen and oxygen atoms in total. The highest BCUT2D eigenvalue weighted by atomic mass is 31.2. The number of phosphoric ester groups is 1. The fourth-order valence-electron chi connectivity index (χ4n) is 3.38. The number of aliphatic hydroxyl groups excluding tert-OH is 2. The molecule has 0 rings (SSSR count). The minimum absolute atomic E-state index is 0.176. The Kier molecular flexibility index (Phi) is 24.4. The van der Waals surface area contributed by atoms with Crippen molar-refractivity contribution in [2.75, 3.05) is 26.4 Å². The van der Waals surface area contributed by atoms with Crippen LogP contribution in [0.3, 0.4) is 0 Å². The van der Waals surface area contributed by atoms with Gasteiger partial charge >= 0.3 is 19.8 Å². The topological polar surface area (TPSA) is 149 Å². The van der Waals surface area contributed by atoms with Crippen LogP contribution in [-0.4, -0.2) is 65.7 Å². The molecule has 228 valence electrons. The molecule has 0 saturated heterocycles. The van der Waals surface area contributed by atoms with Gasteiger partial charge in [-0.1, -0.05) is 76.7 Å². The van der Waals surface area contributed by atoms with E-state index in [1.54, 1.807) is 0 Å². The standard InChI is InChI=1S/C28H51O10P/c1-3-5-7-8-9-10-11-12-13-14-15-16-18-20-28(32)38-26(22-30)24-36-39(33,34)35-23-25(21-29)37-27(31)19-17-6-4-2/h7-8,10-11,25-26,29-30H,3-6,9,12-24H2,1-2H3,(H,33,34)/b8-7-,11-10-. The van der Waals surface area contributed by atoms with E-state index in [1.165, 1.54) is 6.42 Å². The van der Waals surface area contributed by atoms with Crippen LogP contribution in [0, 0.1) is 0 Å². The van der Waals surface area contributed by atoms with Gasteiger partial charge in [-0.05, 0) is 38.5 Å². The maximum absolute atomic E-state index is 12.1. The van der Waals surface area contributed by atoms with Gasteiger partial charge in [0.15, 0.2) is 0 Å². The van der Waals surface area contributed by atoms with Gasteiger partial charge < -0.3 is 24.6 Å². The zero-order chi connectivity index (χ0) is 29.2. The molecular formula is C28H51O10P. The molecular weight excluding hydrogens is 527 g/mol. The third-order valence-electron chi connectivity index (χ3n) is 5.65. The molecule has 0 aliphatic rings. The van der Waals surface area contributed by atoms with E-state index in [-0.39, 0.29) is 12.8 Å². The number of esters is 2. The number of hydrogen-bond donors (Lipinski definition) is 3. The number of allylic oxidation sites excluding steroid dienone is 4. The average molecular weight is 579 g/mol. The van der Waals surface area contributed by atoms with Crippen LogP contribution in [-0.2, 0) is 32.7 Å². The van der Waals surface area contributed by atoms with Crippen LogP contribution in [0.4, 0.5) is 0 Å². The predicted octanol–water partition coefficient (Wildman–Crippen LogP) is 5.54. The average Bonchev–Trinajstić information content (AvgIpc) is 2.91. The molecule has 39 heavy (non-hydrogen) atoms. The highest BCUT2D eigenvalue weighted by Crippen LogP contribution is 2.43. The van der Waals surface area contributed by atoms with Crippen molar-refractivity contribution in [1.82, 2.24) is 0 Å². The molecule has 0 bridgehead atoms. The van der Waals surface area contributed by atoms with Gasteiger partial charge in [0.1, 0.15) is 12.2 Å². The third kappa shape index (κ3) is 24.0. The Morgan fingerprint density at radius 3 is 1.69 bits per heavy atom. The van der Waals surface area contributed by atoms with Crippen LogP contribution in [0.1, 0.15) is 104 Å². The molecule has 3 atom stereocenters. The lowest BCUT2D eigenvalue weighted by Crippen LogP contribution is -2.28. The maximum atomic E-state index is 12.1. The predicted molar refractivity (Wildman–Crippen MR) is 150 cm³/mol. The first-order valence-corrected chi connectivity index (χ1v) is 15.8. The molecule has 0 amide bonds. The minimum atomic E-state index is -4.60. The number of carbonyl (C=O) groups excluding carboxylic acids is 2. The summed E-state index contributed by atoms with van der Waals surface area (Å²) < 4.78 is 31.8.